The predicted molar refractivity (Wildman–Crippen MR) is 103 cm³/mol. The van der Waals surface area contributed by atoms with E-state index in [0.29, 0.717) is 16.6 Å². The number of likely N-dealkylation sites (tertiary alicyclic amines) is 1. The van der Waals surface area contributed by atoms with Crippen LogP contribution in [0.3, 0.4) is 0 Å². The third-order valence-electron chi connectivity index (χ3n) is 4.76. The molecule has 2 heterocycles. The van der Waals surface area contributed by atoms with Crippen molar-refractivity contribution < 1.29 is 9.18 Å². The van der Waals surface area contributed by atoms with Crippen molar-refractivity contribution in [2.24, 2.45) is 5.92 Å². The molecule has 3 nitrogen and oxygen atoms in total. The molecular weight excluding hydrogens is 403 g/mol. The summed E-state index contributed by atoms with van der Waals surface area (Å²) in [5.41, 5.74) is 0.331. The molecule has 1 aromatic carbocycles. The summed E-state index contributed by atoms with van der Waals surface area (Å²) >= 11 is 5.04. The molecule has 2 aromatic rings. The first-order valence-corrected chi connectivity index (χ1v) is 10.2. The van der Waals surface area contributed by atoms with E-state index in [0.717, 1.165) is 19.0 Å². The van der Waals surface area contributed by atoms with Gasteiger partial charge in [-0.05, 0) is 77.4 Å². The Kier molecular flexibility index (Phi) is 6.25. The van der Waals surface area contributed by atoms with Crippen LogP contribution in [0.2, 0.25) is 0 Å². The van der Waals surface area contributed by atoms with Crippen LogP contribution in [0.4, 0.5) is 4.39 Å². The van der Waals surface area contributed by atoms with Crippen molar-refractivity contribution in [1.29, 1.82) is 0 Å². The molecule has 0 saturated carbocycles. The first kappa shape index (κ1) is 18.5. The minimum Gasteiger partial charge on any atom is -0.350 e. The summed E-state index contributed by atoms with van der Waals surface area (Å²) in [6.45, 7) is 4.91. The van der Waals surface area contributed by atoms with E-state index in [1.165, 1.54) is 29.9 Å². The summed E-state index contributed by atoms with van der Waals surface area (Å²) in [5.74, 6) is 0.101. The van der Waals surface area contributed by atoms with Gasteiger partial charge in [0, 0.05) is 15.9 Å². The van der Waals surface area contributed by atoms with E-state index in [-0.39, 0.29) is 11.9 Å². The Bertz CT molecular complexity index is 714. The Morgan fingerprint density at radius 1 is 1.40 bits per heavy atom. The lowest BCUT2D eigenvalue weighted by Crippen LogP contribution is -2.41. The van der Waals surface area contributed by atoms with Gasteiger partial charge in [-0.3, -0.25) is 9.69 Å². The Labute approximate surface area is 160 Å². The van der Waals surface area contributed by atoms with E-state index in [4.69, 9.17) is 0 Å². The number of benzene rings is 1. The zero-order chi connectivity index (χ0) is 17.8. The van der Waals surface area contributed by atoms with Crippen molar-refractivity contribution in [3.8, 4) is 0 Å². The number of amides is 1. The molecule has 1 fully saturated rings. The van der Waals surface area contributed by atoms with Crippen LogP contribution in [0.1, 0.15) is 41.0 Å². The summed E-state index contributed by atoms with van der Waals surface area (Å²) in [7, 11) is 0. The second kappa shape index (κ2) is 8.43. The van der Waals surface area contributed by atoms with E-state index < -0.39 is 5.82 Å². The van der Waals surface area contributed by atoms with Gasteiger partial charge in [0.2, 0.25) is 0 Å². The minimum absolute atomic E-state index is 0.170. The van der Waals surface area contributed by atoms with Crippen molar-refractivity contribution in [3.05, 3.63) is 56.4 Å². The maximum absolute atomic E-state index is 13.4. The smallest absolute Gasteiger partial charge is 0.252 e. The molecule has 1 atom stereocenters. The van der Waals surface area contributed by atoms with Gasteiger partial charge in [0.1, 0.15) is 5.82 Å². The average molecular weight is 425 g/mol. The number of hydrogen-bond acceptors (Lipinski definition) is 3. The fourth-order valence-corrected chi connectivity index (χ4v) is 4.47. The van der Waals surface area contributed by atoms with Gasteiger partial charge >= 0.3 is 0 Å². The Morgan fingerprint density at radius 2 is 2.16 bits per heavy atom. The molecule has 0 bridgehead atoms. The van der Waals surface area contributed by atoms with Crippen LogP contribution in [-0.4, -0.2) is 30.4 Å². The van der Waals surface area contributed by atoms with Crippen molar-refractivity contribution >= 4 is 33.2 Å². The van der Waals surface area contributed by atoms with E-state index in [1.54, 1.807) is 17.4 Å². The Morgan fingerprint density at radius 3 is 2.84 bits per heavy atom. The largest absolute Gasteiger partial charge is 0.350 e. The highest BCUT2D eigenvalue weighted by Gasteiger charge is 2.26. The molecule has 1 aromatic heterocycles. The SMILES string of the molecule is CC1CCN([C@@H](CNC(=O)c2cc(F)ccc2Br)c2cccs2)CC1. The second-order valence-corrected chi connectivity index (χ2v) is 8.42. The zero-order valence-electron chi connectivity index (χ0n) is 14.2. The lowest BCUT2D eigenvalue weighted by Gasteiger charge is -2.36. The number of piperidine rings is 1. The van der Waals surface area contributed by atoms with Crippen LogP contribution in [0.15, 0.2) is 40.2 Å². The third kappa shape index (κ3) is 4.68. The van der Waals surface area contributed by atoms with Gasteiger partial charge in [0.25, 0.3) is 5.91 Å². The monoisotopic (exact) mass is 424 g/mol. The van der Waals surface area contributed by atoms with Crippen molar-refractivity contribution in [2.45, 2.75) is 25.8 Å². The number of hydrogen-bond donors (Lipinski definition) is 1. The number of rotatable bonds is 5. The maximum atomic E-state index is 13.4. The van der Waals surface area contributed by atoms with Gasteiger partial charge in [-0.15, -0.1) is 11.3 Å². The summed E-state index contributed by atoms with van der Waals surface area (Å²) in [6, 6.07) is 8.51. The average Bonchev–Trinajstić information content (AvgIpc) is 3.13. The molecule has 134 valence electrons. The van der Waals surface area contributed by atoms with Crippen LogP contribution in [0, 0.1) is 11.7 Å². The number of halogens is 2. The molecule has 0 radical (unpaired) electrons. The quantitative estimate of drug-likeness (QED) is 0.743. The lowest BCUT2D eigenvalue weighted by molar-refractivity contribution is 0.0913. The molecule has 0 unspecified atom stereocenters. The predicted octanol–water partition coefficient (Wildman–Crippen LogP) is 4.85. The molecule has 1 amide bonds. The van der Waals surface area contributed by atoms with Gasteiger partial charge in [0.05, 0.1) is 11.6 Å². The highest BCUT2D eigenvalue weighted by molar-refractivity contribution is 9.10. The van der Waals surface area contributed by atoms with Gasteiger partial charge in [-0.2, -0.15) is 0 Å². The summed E-state index contributed by atoms with van der Waals surface area (Å²) < 4.78 is 14.1. The molecule has 0 spiro atoms. The minimum atomic E-state index is -0.409. The zero-order valence-corrected chi connectivity index (χ0v) is 16.6. The topological polar surface area (TPSA) is 32.3 Å². The fourth-order valence-electron chi connectivity index (χ4n) is 3.19. The molecule has 1 saturated heterocycles. The molecule has 1 N–H and O–H groups in total. The van der Waals surface area contributed by atoms with Crippen LogP contribution in [0.25, 0.3) is 0 Å². The number of carbonyl (C=O) groups is 1. The molecule has 1 aliphatic rings. The van der Waals surface area contributed by atoms with Crippen molar-refractivity contribution in [3.63, 3.8) is 0 Å². The highest BCUT2D eigenvalue weighted by Crippen LogP contribution is 2.29. The van der Waals surface area contributed by atoms with Crippen LogP contribution >= 0.6 is 27.3 Å². The Hall–Kier alpha value is -1.24. The first-order valence-electron chi connectivity index (χ1n) is 8.55. The van der Waals surface area contributed by atoms with Crippen LogP contribution in [-0.2, 0) is 0 Å². The molecular formula is C19H22BrFN2OS. The summed E-state index contributed by atoms with van der Waals surface area (Å²) in [6.07, 6.45) is 2.37. The van der Waals surface area contributed by atoms with E-state index >= 15 is 0 Å². The van der Waals surface area contributed by atoms with Crippen molar-refractivity contribution in [1.82, 2.24) is 10.2 Å². The van der Waals surface area contributed by atoms with Gasteiger partial charge in [-0.25, -0.2) is 4.39 Å². The van der Waals surface area contributed by atoms with E-state index in [1.807, 2.05) is 6.07 Å². The summed E-state index contributed by atoms with van der Waals surface area (Å²) in [5, 5.41) is 5.06. The van der Waals surface area contributed by atoms with Crippen LogP contribution in [0.5, 0.6) is 0 Å². The standard InChI is InChI=1S/C19H22BrFN2OS/c1-13-6-8-23(9-7-13)17(18-3-2-10-25-18)12-22-19(24)15-11-14(21)4-5-16(15)20/h2-5,10-11,13,17H,6-9,12H2,1H3,(H,22,24)/t17-/m0/s1. The maximum Gasteiger partial charge on any atom is 0.252 e. The first-order chi connectivity index (χ1) is 12.0. The molecule has 3 rings (SSSR count). The second-order valence-electron chi connectivity index (χ2n) is 6.58. The number of carbonyl (C=O) groups excluding carboxylic acids is 1. The molecule has 0 aliphatic carbocycles. The van der Waals surface area contributed by atoms with Gasteiger partial charge in [-0.1, -0.05) is 13.0 Å². The normalized spacial score (nSPS) is 17.4. The summed E-state index contributed by atoms with van der Waals surface area (Å²) in [4.78, 5) is 16.2. The molecule has 1 aliphatic heterocycles. The molecule has 25 heavy (non-hydrogen) atoms. The fraction of sp³-hybridized carbons (Fsp3) is 0.421. The van der Waals surface area contributed by atoms with E-state index in [2.05, 4.69) is 44.5 Å². The van der Waals surface area contributed by atoms with Crippen molar-refractivity contribution in [2.75, 3.05) is 19.6 Å². The van der Waals surface area contributed by atoms with Gasteiger partial charge < -0.3 is 5.32 Å². The van der Waals surface area contributed by atoms with Gasteiger partial charge in [0.15, 0.2) is 0 Å². The number of nitrogens with zero attached hydrogens (tertiary/aromatic N) is 1. The van der Waals surface area contributed by atoms with E-state index in [9.17, 15) is 9.18 Å². The number of nitrogens with one attached hydrogen (secondary N) is 1. The third-order valence-corrected chi connectivity index (χ3v) is 6.42. The Balaban J connectivity index is 1.70. The molecule has 6 heteroatoms. The lowest BCUT2D eigenvalue weighted by atomic mass is 9.97. The number of thiophene rings is 1. The highest BCUT2D eigenvalue weighted by atomic mass is 79.9. The van der Waals surface area contributed by atoms with Crippen LogP contribution < -0.4 is 5.32 Å².